The van der Waals surface area contributed by atoms with Crippen molar-refractivity contribution < 1.29 is 14.7 Å². The summed E-state index contributed by atoms with van der Waals surface area (Å²) in [7, 11) is 0. The van der Waals surface area contributed by atoms with E-state index in [4.69, 9.17) is 10.1 Å². The Labute approximate surface area is 159 Å². The van der Waals surface area contributed by atoms with Crippen LogP contribution in [0.15, 0.2) is 6.07 Å². The Morgan fingerprint density at radius 1 is 1.30 bits per heavy atom. The van der Waals surface area contributed by atoms with Crippen molar-refractivity contribution in [3.05, 3.63) is 23.0 Å². The van der Waals surface area contributed by atoms with Crippen LogP contribution in [0, 0.1) is 12.8 Å². The molecule has 1 aliphatic carbocycles. The minimum atomic E-state index is -0.795. The zero-order valence-electron chi connectivity index (χ0n) is 16.8. The molecular weight excluding hydrogens is 344 g/mol. The summed E-state index contributed by atoms with van der Waals surface area (Å²) in [6.07, 6.45) is 0.957. The summed E-state index contributed by atoms with van der Waals surface area (Å²) in [4.78, 5) is 28.8. The molecule has 0 atom stereocenters. The zero-order chi connectivity index (χ0) is 20.1. The number of nitrogens with zero attached hydrogens (tertiary/aromatic N) is 3. The van der Waals surface area contributed by atoms with Crippen molar-refractivity contribution in [3.8, 4) is 0 Å². The SMILES string of the molecule is Cc1nn(C(C)(C)C)c2nc(C(C)C)cc(C(=O)NC3CC(C(=O)O)C3)c12. The Balaban J connectivity index is 2.02. The highest BCUT2D eigenvalue weighted by Gasteiger charge is 2.36. The lowest BCUT2D eigenvalue weighted by Crippen LogP contribution is -2.46. The third kappa shape index (κ3) is 3.55. The van der Waals surface area contributed by atoms with E-state index in [0.29, 0.717) is 24.1 Å². The van der Waals surface area contributed by atoms with Gasteiger partial charge < -0.3 is 10.4 Å². The fourth-order valence-electron chi connectivity index (χ4n) is 3.45. The number of rotatable bonds is 4. The van der Waals surface area contributed by atoms with Crippen molar-refractivity contribution in [1.29, 1.82) is 0 Å². The Morgan fingerprint density at radius 2 is 1.93 bits per heavy atom. The molecule has 3 rings (SSSR count). The molecule has 27 heavy (non-hydrogen) atoms. The van der Waals surface area contributed by atoms with Gasteiger partial charge in [0.05, 0.1) is 28.1 Å². The van der Waals surface area contributed by atoms with Crippen LogP contribution in [0.2, 0.25) is 0 Å². The monoisotopic (exact) mass is 372 g/mol. The van der Waals surface area contributed by atoms with Crippen molar-refractivity contribution in [2.75, 3.05) is 0 Å². The summed E-state index contributed by atoms with van der Waals surface area (Å²) in [6, 6.07) is 1.75. The number of hydrogen-bond acceptors (Lipinski definition) is 4. The lowest BCUT2D eigenvalue weighted by atomic mass is 9.80. The van der Waals surface area contributed by atoms with Crippen LogP contribution in [0.25, 0.3) is 11.0 Å². The quantitative estimate of drug-likeness (QED) is 0.859. The first kappa shape index (κ1) is 19.3. The lowest BCUT2D eigenvalue weighted by Gasteiger charge is -2.32. The number of carboxylic acids is 1. The molecule has 2 aromatic rings. The molecule has 0 bridgehead atoms. The van der Waals surface area contributed by atoms with Gasteiger partial charge >= 0.3 is 5.97 Å². The third-order valence-corrected chi connectivity index (χ3v) is 5.13. The van der Waals surface area contributed by atoms with Crippen LogP contribution in [0.3, 0.4) is 0 Å². The first-order chi connectivity index (χ1) is 12.5. The lowest BCUT2D eigenvalue weighted by molar-refractivity contribution is -0.145. The maximum absolute atomic E-state index is 13.0. The second kappa shape index (κ2) is 6.62. The Morgan fingerprint density at radius 3 is 2.44 bits per heavy atom. The standard InChI is InChI=1S/C20H28N4O3/c1-10(2)15-9-14(18(25)21-13-7-12(8-13)19(26)27)16-11(3)23-24(17(16)22-15)20(4,5)6/h9-10,12-13H,7-8H2,1-6H3,(H,21,25)(H,26,27). The highest BCUT2D eigenvalue weighted by molar-refractivity contribution is 6.06. The molecule has 1 saturated carbocycles. The van der Waals surface area contributed by atoms with Gasteiger partial charge in [0.15, 0.2) is 5.65 Å². The van der Waals surface area contributed by atoms with Gasteiger partial charge in [-0.2, -0.15) is 5.10 Å². The second-order valence-electron chi connectivity index (χ2n) is 8.79. The van der Waals surface area contributed by atoms with Gasteiger partial charge in [0, 0.05) is 11.7 Å². The molecular formula is C20H28N4O3. The summed E-state index contributed by atoms with van der Waals surface area (Å²) in [5.74, 6) is -1.17. The van der Waals surface area contributed by atoms with E-state index in [9.17, 15) is 9.59 Å². The van der Waals surface area contributed by atoms with E-state index in [1.54, 1.807) is 0 Å². The molecule has 0 aliphatic heterocycles. The summed E-state index contributed by atoms with van der Waals surface area (Å²) in [5.41, 5.74) is 2.63. The molecule has 1 fully saturated rings. The fourth-order valence-corrected chi connectivity index (χ4v) is 3.45. The first-order valence-electron chi connectivity index (χ1n) is 9.43. The minimum Gasteiger partial charge on any atom is -0.481 e. The average molecular weight is 372 g/mol. The molecule has 1 amide bonds. The molecule has 2 heterocycles. The predicted molar refractivity (Wildman–Crippen MR) is 103 cm³/mol. The second-order valence-corrected chi connectivity index (χ2v) is 8.79. The number of aryl methyl sites for hydroxylation is 1. The third-order valence-electron chi connectivity index (χ3n) is 5.13. The molecule has 7 heteroatoms. The molecule has 0 saturated heterocycles. The number of hydrogen-bond donors (Lipinski definition) is 2. The average Bonchev–Trinajstić information content (AvgIpc) is 2.86. The molecule has 0 aromatic carbocycles. The van der Waals surface area contributed by atoms with Crippen molar-refractivity contribution in [1.82, 2.24) is 20.1 Å². The molecule has 0 unspecified atom stereocenters. The van der Waals surface area contributed by atoms with Crippen LogP contribution >= 0.6 is 0 Å². The van der Waals surface area contributed by atoms with Crippen molar-refractivity contribution in [3.63, 3.8) is 0 Å². The van der Waals surface area contributed by atoms with Crippen LogP contribution in [0.4, 0.5) is 0 Å². The van der Waals surface area contributed by atoms with Gasteiger partial charge in [-0.05, 0) is 52.5 Å². The van der Waals surface area contributed by atoms with Gasteiger partial charge in [-0.1, -0.05) is 13.8 Å². The topological polar surface area (TPSA) is 97.1 Å². The summed E-state index contributed by atoms with van der Waals surface area (Å²) in [5, 5.41) is 17.4. The molecule has 2 aromatic heterocycles. The van der Waals surface area contributed by atoms with Crippen molar-refractivity contribution in [2.45, 2.75) is 71.9 Å². The van der Waals surface area contributed by atoms with Gasteiger partial charge in [-0.3, -0.25) is 9.59 Å². The molecule has 0 radical (unpaired) electrons. The van der Waals surface area contributed by atoms with Gasteiger partial charge in [0.2, 0.25) is 0 Å². The van der Waals surface area contributed by atoms with Crippen LogP contribution in [0.5, 0.6) is 0 Å². The minimum absolute atomic E-state index is 0.0951. The van der Waals surface area contributed by atoms with Gasteiger partial charge in [0.25, 0.3) is 5.91 Å². The van der Waals surface area contributed by atoms with Gasteiger partial charge in [-0.25, -0.2) is 9.67 Å². The maximum Gasteiger partial charge on any atom is 0.306 e. The van der Waals surface area contributed by atoms with E-state index >= 15 is 0 Å². The summed E-state index contributed by atoms with van der Waals surface area (Å²) >= 11 is 0. The summed E-state index contributed by atoms with van der Waals surface area (Å²) in [6.45, 7) is 12.2. The van der Waals surface area contributed by atoms with Crippen molar-refractivity contribution >= 4 is 22.9 Å². The van der Waals surface area contributed by atoms with Gasteiger partial charge in [0.1, 0.15) is 0 Å². The highest BCUT2D eigenvalue weighted by Crippen LogP contribution is 2.31. The van der Waals surface area contributed by atoms with Crippen LogP contribution in [0.1, 0.15) is 75.1 Å². The van der Waals surface area contributed by atoms with Gasteiger partial charge in [-0.15, -0.1) is 0 Å². The number of aliphatic carboxylic acids is 1. The number of carbonyl (C=O) groups excluding carboxylic acids is 1. The summed E-state index contributed by atoms with van der Waals surface area (Å²) < 4.78 is 1.88. The number of nitrogens with one attached hydrogen (secondary N) is 1. The molecule has 2 N–H and O–H groups in total. The Kier molecular flexibility index (Phi) is 4.74. The predicted octanol–water partition coefficient (Wildman–Crippen LogP) is 3.21. The smallest absolute Gasteiger partial charge is 0.306 e. The number of pyridine rings is 1. The fraction of sp³-hybridized carbons (Fsp3) is 0.600. The van der Waals surface area contributed by atoms with E-state index in [2.05, 4.69) is 31.2 Å². The molecule has 0 spiro atoms. The molecule has 146 valence electrons. The first-order valence-corrected chi connectivity index (χ1v) is 9.43. The number of carbonyl (C=O) groups is 2. The van der Waals surface area contributed by atoms with Crippen LogP contribution in [-0.4, -0.2) is 37.8 Å². The van der Waals surface area contributed by atoms with Crippen LogP contribution < -0.4 is 5.32 Å². The number of amides is 1. The van der Waals surface area contributed by atoms with E-state index in [-0.39, 0.29) is 29.3 Å². The Hall–Kier alpha value is -2.44. The number of aromatic nitrogens is 3. The number of carboxylic acid groups (broad SMARTS) is 1. The maximum atomic E-state index is 13.0. The normalized spacial score (nSPS) is 20.0. The van der Waals surface area contributed by atoms with Crippen LogP contribution in [-0.2, 0) is 10.3 Å². The molecule has 7 nitrogen and oxygen atoms in total. The highest BCUT2D eigenvalue weighted by atomic mass is 16.4. The van der Waals surface area contributed by atoms with E-state index in [1.165, 1.54) is 0 Å². The van der Waals surface area contributed by atoms with Crippen molar-refractivity contribution in [2.24, 2.45) is 5.92 Å². The van der Waals surface area contributed by atoms with E-state index in [1.807, 2.05) is 31.5 Å². The zero-order valence-corrected chi connectivity index (χ0v) is 16.8. The Bertz CT molecular complexity index is 902. The van der Waals surface area contributed by atoms with E-state index < -0.39 is 5.97 Å². The van der Waals surface area contributed by atoms with E-state index in [0.717, 1.165) is 16.8 Å². The number of fused-ring (bicyclic) bond motifs is 1. The molecule has 1 aliphatic rings. The largest absolute Gasteiger partial charge is 0.481 e.